The fraction of sp³-hybridized carbons (Fsp3) is 0.0426. The molecule has 0 bridgehead atoms. The second kappa shape index (κ2) is 11.3. The summed E-state index contributed by atoms with van der Waals surface area (Å²) in [6.45, 7) is 0. The topological polar surface area (TPSA) is 65.0 Å². The average Bonchev–Trinajstić information content (AvgIpc) is 3.78. The zero-order chi connectivity index (χ0) is 34.2. The van der Waals surface area contributed by atoms with Gasteiger partial charge in [-0.25, -0.2) is 15.0 Å². The Kier molecular flexibility index (Phi) is 6.31. The number of allylic oxidation sites excluding steroid dienone is 4. The molecule has 7 aromatic carbocycles. The van der Waals surface area contributed by atoms with E-state index in [0.717, 1.165) is 95.3 Å². The van der Waals surface area contributed by atoms with Crippen LogP contribution < -0.4 is 0 Å². The van der Waals surface area contributed by atoms with E-state index in [1.54, 1.807) is 0 Å². The van der Waals surface area contributed by atoms with Crippen LogP contribution in [-0.4, -0.2) is 15.0 Å². The van der Waals surface area contributed by atoms with Gasteiger partial charge in [0.05, 0.1) is 0 Å². The molecule has 0 unspecified atom stereocenters. The Labute approximate surface area is 298 Å². The summed E-state index contributed by atoms with van der Waals surface area (Å²) in [7, 11) is 0. The number of nitrogens with zero attached hydrogens (tertiary/aromatic N) is 3. The molecule has 0 fully saturated rings. The Morgan fingerprint density at radius 3 is 1.88 bits per heavy atom. The highest BCUT2D eigenvalue weighted by Gasteiger charge is 2.20. The zero-order valence-corrected chi connectivity index (χ0v) is 28.0. The molecule has 10 aromatic rings. The third-order valence-corrected chi connectivity index (χ3v) is 10.3. The Morgan fingerprint density at radius 1 is 0.423 bits per heavy atom. The van der Waals surface area contributed by atoms with Gasteiger partial charge in [0.2, 0.25) is 0 Å². The molecule has 11 rings (SSSR count). The van der Waals surface area contributed by atoms with Crippen molar-refractivity contribution in [2.75, 3.05) is 0 Å². The predicted molar refractivity (Wildman–Crippen MR) is 212 cm³/mol. The first-order valence-electron chi connectivity index (χ1n) is 17.7. The van der Waals surface area contributed by atoms with E-state index < -0.39 is 0 Å². The van der Waals surface area contributed by atoms with E-state index in [9.17, 15) is 0 Å². The fourth-order valence-electron chi connectivity index (χ4n) is 7.86. The highest BCUT2D eigenvalue weighted by atomic mass is 16.3. The summed E-state index contributed by atoms with van der Waals surface area (Å²) in [5.74, 6) is 1.93. The lowest BCUT2D eigenvalue weighted by atomic mass is 9.96. The second-order valence-corrected chi connectivity index (χ2v) is 13.4. The minimum Gasteiger partial charge on any atom is -0.456 e. The maximum atomic E-state index is 6.56. The molecule has 0 atom stereocenters. The molecule has 0 amide bonds. The Morgan fingerprint density at radius 2 is 1.06 bits per heavy atom. The standard InChI is InChI=1S/C47H29N3O2/c1-2-11-28(12-3-1)45-48-46(50-47(49-45)39-25-31-13-4-5-14-32(31)33-15-6-7-16-34(33)39)38-18-10-20-41-44(38)37-24-22-30(27-43(37)52-41)29-21-23-36-35-17-8-9-19-40(35)51-42(36)26-29/h2,4-27H,1,3H2. The summed E-state index contributed by atoms with van der Waals surface area (Å²) in [5.41, 5.74) is 8.37. The predicted octanol–water partition coefficient (Wildman–Crippen LogP) is 12.7. The summed E-state index contributed by atoms with van der Waals surface area (Å²) < 4.78 is 12.8. The van der Waals surface area contributed by atoms with Crippen LogP contribution in [0.15, 0.2) is 161 Å². The molecule has 0 spiro atoms. The molecule has 0 N–H and O–H groups in total. The molecule has 1 aliphatic carbocycles. The third kappa shape index (κ3) is 4.53. The van der Waals surface area contributed by atoms with Gasteiger partial charge in [-0.15, -0.1) is 0 Å². The quantitative estimate of drug-likeness (QED) is 0.175. The number of fused-ring (bicyclic) bond motifs is 9. The van der Waals surface area contributed by atoms with E-state index in [-0.39, 0.29) is 0 Å². The molecule has 0 saturated heterocycles. The molecule has 244 valence electrons. The SMILES string of the molecule is C1=CC(c2nc(-c3cc4ccccc4c4ccccc34)nc(-c3cccc4oc5cc(-c6ccc7c(c6)oc6ccccc67)ccc5c34)n2)=CCC1. The van der Waals surface area contributed by atoms with Crippen LogP contribution in [0.25, 0.3) is 105 Å². The van der Waals surface area contributed by atoms with Crippen LogP contribution >= 0.6 is 0 Å². The first kappa shape index (κ1) is 28.9. The van der Waals surface area contributed by atoms with Crippen LogP contribution in [0, 0.1) is 0 Å². The summed E-state index contributed by atoms with van der Waals surface area (Å²) in [6, 6.07) is 46.3. The van der Waals surface area contributed by atoms with Crippen molar-refractivity contribution in [2.24, 2.45) is 0 Å². The van der Waals surface area contributed by atoms with Crippen molar-refractivity contribution in [1.82, 2.24) is 15.0 Å². The first-order chi connectivity index (χ1) is 25.7. The van der Waals surface area contributed by atoms with E-state index in [4.69, 9.17) is 23.8 Å². The van der Waals surface area contributed by atoms with Crippen molar-refractivity contribution >= 4 is 71.0 Å². The van der Waals surface area contributed by atoms with Gasteiger partial charge in [0, 0.05) is 38.2 Å². The molecule has 5 heteroatoms. The average molecular weight is 668 g/mol. The van der Waals surface area contributed by atoms with Gasteiger partial charge in [0.15, 0.2) is 17.5 Å². The van der Waals surface area contributed by atoms with Crippen LogP contribution in [0.1, 0.15) is 18.7 Å². The van der Waals surface area contributed by atoms with Crippen LogP contribution in [0.3, 0.4) is 0 Å². The molecule has 0 radical (unpaired) electrons. The highest BCUT2D eigenvalue weighted by Crippen LogP contribution is 2.40. The Balaban J connectivity index is 1.10. The normalized spacial score (nSPS) is 13.3. The number of furan rings is 2. The van der Waals surface area contributed by atoms with Crippen molar-refractivity contribution in [3.8, 4) is 33.9 Å². The van der Waals surface area contributed by atoms with E-state index in [2.05, 4.69) is 121 Å². The van der Waals surface area contributed by atoms with Gasteiger partial charge >= 0.3 is 0 Å². The smallest absolute Gasteiger partial charge is 0.164 e. The monoisotopic (exact) mass is 667 g/mol. The number of hydrogen-bond donors (Lipinski definition) is 0. The fourth-order valence-corrected chi connectivity index (χ4v) is 7.86. The van der Waals surface area contributed by atoms with Crippen LogP contribution in [-0.2, 0) is 0 Å². The van der Waals surface area contributed by atoms with Crippen molar-refractivity contribution in [3.05, 3.63) is 158 Å². The van der Waals surface area contributed by atoms with Gasteiger partial charge in [-0.05, 0) is 88.0 Å². The van der Waals surface area contributed by atoms with Crippen LogP contribution in [0.2, 0.25) is 0 Å². The molecule has 5 nitrogen and oxygen atoms in total. The van der Waals surface area contributed by atoms with Crippen molar-refractivity contribution in [1.29, 1.82) is 0 Å². The van der Waals surface area contributed by atoms with Crippen molar-refractivity contribution in [2.45, 2.75) is 12.8 Å². The number of aromatic nitrogens is 3. The lowest BCUT2D eigenvalue weighted by Gasteiger charge is -2.13. The van der Waals surface area contributed by atoms with Crippen LogP contribution in [0.4, 0.5) is 0 Å². The van der Waals surface area contributed by atoms with Crippen molar-refractivity contribution < 1.29 is 8.83 Å². The summed E-state index contributed by atoms with van der Waals surface area (Å²) in [4.78, 5) is 15.5. The minimum absolute atomic E-state index is 0.616. The molecule has 3 aromatic heterocycles. The van der Waals surface area contributed by atoms with E-state index in [0.29, 0.717) is 17.5 Å². The van der Waals surface area contributed by atoms with Crippen LogP contribution in [0.5, 0.6) is 0 Å². The molecule has 1 aliphatic rings. The Bertz CT molecular complexity index is 3140. The maximum absolute atomic E-state index is 6.56. The number of rotatable bonds is 4. The van der Waals surface area contributed by atoms with Gasteiger partial charge in [0.1, 0.15) is 22.3 Å². The molecule has 3 heterocycles. The van der Waals surface area contributed by atoms with Gasteiger partial charge < -0.3 is 8.83 Å². The summed E-state index contributed by atoms with van der Waals surface area (Å²) >= 11 is 0. The second-order valence-electron chi connectivity index (χ2n) is 13.4. The highest BCUT2D eigenvalue weighted by molar-refractivity contribution is 6.14. The van der Waals surface area contributed by atoms with E-state index in [1.807, 2.05) is 30.3 Å². The third-order valence-electron chi connectivity index (χ3n) is 10.3. The molecular weight excluding hydrogens is 639 g/mol. The summed E-state index contributed by atoms with van der Waals surface area (Å²) in [5, 5.41) is 8.87. The van der Waals surface area contributed by atoms with Gasteiger partial charge in [0.25, 0.3) is 0 Å². The lowest BCUT2D eigenvalue weighted by molar-refractivity contribution is 0.668. The number of hydrogen-bond acceptors (Lipinski definition) is 5. The van der Waals surface area contributed by atoms with E-state index in [1.165, 1.54) is 10.8 Å². The number of para-hydroxylation sites is 1. The van der Waals surface area contributed by atoms with Gasteiger partial charge in [-0.2, -0.15) is 0 Å². The first-order valence-corrected chi connectivity index (χ1v) is 17.7. The van der Waals surface area contributed by atoms with Gasteiger partial charge in [-0.1, -0.05) is 109 Å². The minimum atomic E-state index is 0.616. The van der Waals surface area contributed by atoms with Crippen molar-refractivity contribution in [3.63, 3.8) is 0 Å². The summed E-state index contributed by atoms with van der Waals surface area (Å²) in [6.07, 6.45) is 8.51. The molecule has 0 aliphatic heterocycles. The molecular formula is C47H29N3O2. The molecule has 0 saturated carbocycles. The largest absolute Gasteiger partial charge is 0.456 e. The molecule has 52 heavy (non-hydrogen) atoms. The number of benzene rings is 7. The van der Waals surface area contributed by atoms with E-state index >= 15 is 0 Å². The maximum Gasteiger partial charge on any atom is 0.164 e. The zero-order valence-electron chi connectivity index (χ0n) is 28.0. The lowest BCUT2D eigenvalue weighted by Crippen LogP contribution is -2.03. The Hall–Kier alpha value is -6.85. The van der Waals surface area contributed by atoms with Gasteiger partial charge in [-0.3, -0.25) is 0 Å².